The van der Waals surface area contributed by atoms with Crippen LogP contribution in [0.3, 0.4) is 0 Å². The number of unbranched alkanes of at least 4 members (excludes halogenated alkanes) is 2. The fourth-order valence-corrected chi connectivity index (χ4v) is 3.54. The van der Waals surface area contributed by atoms with Gasteiger partial charge in [-0.2, -0.15) is 0 Å². The molecule has 0 saturated heterocycles. The van der Waals surface area contributed by atoms with Crippen LogP contribution in [0.25, 0.3) is 0 Å². The number of hydrogen-bond acceptors (Lipinski definition) is 9. The zero-order chi connectivity index (χ0) is 29.8. The highest BCUT2D eigenvalue weighted by Gasteiger charge is 2.30. The summed E-state index contributed by atoms with van der Waals surface area (Å²) in [4.78, 5) is 65.4. The van der Waals surface area contributed by atoms with Crippen molar-refractivity contribution in [2.75, 3.05) is 19.6 Å². The minimum absolute atomic E-state index is 0.122. The molecule has 0 spiro atoms. The molecule has 0 radical (unpaired) electrons. The van der Waals surface area contributed by atoms with E-state index in [1.807, 2.05) is 0 Å². The summed E-state index contributed by atoms with van der Waals surface area (Å²) in [6.07, 6.45) is 2.87. The first-order valence-electron chi connectivity index (χ1n) is 13.1. The van der Waals surface area contributed by atoms with E-state index in [-0.39, 0.29) is 38.2 Å². The van der Waals surface area contributed by atoms with Crippen LogP contribution in [0.4, 0.5) is 0 Å². The lowest BCUT2D eigenvalue weighted by molar-refractivity contribution is -0.142. The lowest BCUT2D eigenvalue weighted by Gasteiger charge is -2.25. The third kappa shape index (κ3) is 16.9. The van der Waals surface area contributed by atoms with E-state index < -0.39 is 53.8 Å². The number of guanidine groups is 1. The summed E-state index contributed by atoms with van der Waals surface area (Å²) in [7, 11) is 0. The maximum Gasteiger partial charge on any atom is 0.326 e. The maximum absolute atomic E-state index is 13.2. The van der Waals surface area contributed by atoms with Crippen LogP contribution >= 0.6 is 0 Å². The summed E-state index contributed by atoms with van der Waals surface area (Å²) >= 11 is 0. The Morgan fingerprint density at radius 3 is 1.64 bits per heavy atom. The van der Waals surface area contributed by atoms with Gasteiger partial charge >= 0.3 is 5.97 Å². The Morgan fingerprint density at radius 2 is 1.15 bits per heavy atom. The van der Waals surface area contributed by atoms with Crippen molar-refractivity contribution >= 4 is 35.6 Å². The van der Waals surface area contributed by atoms with Crippen molar-refractivity contribution in [3.8, 4) is 0 Å². The van der Waals surface area contributed by atoms with Gasteiger partial charge in [-0.25, -0.2) is 4.79 Å². The molecule has 0 aliphatic rings. The highest BCUT2D eigenvalue weighted by atomic mass is 16.4. The van der Waals surface area contributed by atoms with Crippen molar-refractivity contribution in [3.63, 3.8) is 0 Å². The summed E-state index contributed by atoms with van der Waals surface area (Å²) in [6, 6.07) is -4.45. The number of carbonyl (C=O) groups excluding carboxylic acids is 4. The molecule has 0 saturated carbocycles. The first-order chi connectivity index (χ1) is 18.4. The number of primary amides is 1. The van der Waals surface area contributed by atoms with E-state index in [0.717, 1.165) is 0 Å². The van der Waals surface area contributed by atoms with E-state index in [0.29, 0.717) is 51.6 Å². The Hall–Kier alpha value is -3.50. The van der Waals surface area contributed by atoms with Crippen molar-refractivity contribution in [3.05, 3.63) is 0 Å². The average molecular weight is 559 g/mol. The van der Waals surface area contributed by atoms with Gasteiger partial charge in [0.1, 0.15) is 18.1 Å². The van der Waals surface area contributed by atoms with Gasteiger partial charge in [-0.05, 0) is 64.5 Å². The monoisotopic (exact) mass is 558 g/mol. The molecule has 16 nitrogen and oxygen atoms in total. The predicted octanol–water partition coefficient (Wildman–Crippen LogP) is -3.57. The van der Waals surface area contributed by atoms with Gasteiger partial charge < -0.3 is 55.5 Å². The standard InChI is InChI=1S/C23H46N10O6/c24-11-3-1-6-14(26)19(35)31-16(8-5-13-30-23(28)29)20(36)32-15(7-2-4-12-25)21(37)33-17(22(38)39)9-10-18(27)34/h14-17H,1-13,24-26H2,(H2,27,34)(H,31,35)(H,32,36)(H,33,37)(H,38,39)(H4,28,29,30). The van der Waals surface area contributed by atoms with Crippen LogP contribution in [-0.2, 0) is 24.0 Å². The van der Waals surface area contributed by atoms with Gasteiger partial charge in [-0.1, -0.05) is 6.42 Å². The molecule has 4 unspecified atom stereocenters. The Labute approximate surface area is 228 Å². The smallest absolute Gasteiger partial charge is 0.326 e. The van der Waals surface area contributed by atoms with Gasteiger partial charge in [0.05, 0.1) is 6.04 Å². The Balaban J connectivity index is 5.61. The Bertz CT molecular complexity index is 821. The fourth-order valence-electron chi connectivity index (χ4n) is 3.54. The first kappa shape index (κ1) is 35.5. The quantitative estimate of drug-likeness (QED) is 0.0352. The maximum atomic E-state index is 13.2. The summed E-state index contributed by atoms with van der Waals surface area (Å²) in [5.74, 6) is -4.17. The molecule has 16 N–H and O–H groups in total. The van der Waals surface area contributed by atoms with Crippen LogP contribution in [0.15, 0.2) is 4.99 Å². The van der Waals surface area contributed by atoms with E-state index in [9.17, 15) is 29.1 Å². The van der Waals surface area contributed by atoms with E-state index in [4.69, 9.17) is 34.4 Å². The summed E-state index contributed by atoms with van der Waals surface area (Å²) < 4.78 is 0. The van der Waals surface area contributed by atoms with Crippen LogP contribution in [0.2, 0.25) is 0 Å². The molecule has 0 aliphatic carbocycles. The van der Waals surface area contributed by atoms with Crippen LogP contribution in [0.5, 0.6) is 0 Å². The minimum Gasteiger partial charge on any atom is -0.480 e. The second-order valence-electron chi connectivity index (χ2n) is 9.15. The minimum atomic E-state index is -1.39. The topological polar surface area (TPSA) is 310 Å². The predicted molar refractivity (Wildman–Crippen MR) is 146 cm³/mol. The van der Waals surface area contributed by atoms with Crippen LogP contribution < -0.4 is 50.4 Å². The molecular weight excluding hydrogens is 512 g/mol. The SMILES string of the molecule is NCCCCC(N)C(=O)NC(CCCN=C(N)N)C(=O)NC(CCCCN)C(=O)NC(CCC(N)=O)C(=O)O. The van der Waals surface area contributed by atoms with E-state index in [1.54, 1.807) is 0 Å². The van der Waals surface area contributed by atoms with Crippen LogP contribution in [0.1, 0.15) is 64.2 Å². The normalized spacial score (nSPS) is 13.8. The number of carbonyl (C=O) groups is 5. The number of hydrogen-bond donors (Lipinski definition) is 10. The average Bonchev–Trinajstić information content (AvgIpc) is 2.86. The van der Waals surface area contributed by atoms with Gasteiger partial charge in [-0.3, -0.25) is 24.2 Å². The molecule has 39 heavy (non-hydrogen) atoms. The van der Waals surface area contributed by atoms with E-state index in [1.165, 1.54) is 0 Å². The number of nitrogens with two attached hydrogens (primary N) is 6. The molecule has 0 fully saturated rings. The van der Waals surface area contributed by atoms with Gasteiger partial charge in [0, 0.05) is 13.0 Å². The second kappa shape index (κ2) is 20.5. The Morgan fingerprint density at radius 1 is 0.667 bits per heavy atom. The van der Waals surface area contributed by atoms with Crippen molar-refractivity contribution in [2.24, 2.45) is 39.4 Å². The fraction of sp³-hybridized carbons (Fsp3) is 0.739. The highest BCUT2D eigenvalue weighted by Crippen LogP contribution is 2.07. The molecule has 4 amide bonds. The third-order valence-corrected chi connectivity index (χ3v) is 5.76. The number of carboxylic acid groups (broad SMARTS) is 1. The molecule has 0 aliphatic heterocycles. The number of amides is 4. The van der Waals surface area contributed by atoms with Crippen LogP contribution in [0, 0.1) is 0 Å². The molecule has 0 heterocycles. The third-order valence-electron chi connectivity index (χ3n) is 5.76. The number of carboxylic acids is 1. The molecule has 0 bridgehead atoms. The molecular formula is C23H46N10O6. The number of aliphatic imine (C=N–C) groups is 1. The van der Waals surface area contributed by atoms with Crippen LogP contribution in [-0.4, -0.2) is 84.5 Å². The molecule has 0 aromatic carbocycles. The number of nitrogens with zero attached hydrogens (tertiary/aromatic N) is 1. The second-order valence-corrected chi connectivity index (χ2v) is 9.15. The van der Waals surface area contributed by atoms with Crippen molar-refractivity contribution in [1.29, 1.82) is 0 Å². The van der Waals surface area contributed by atoms with Gasteiger partial charge in [0.25, 0.3) is 0 Å². The molecule has 0 rings (SSSR count). The number of rotatable bonds is 22. The summed E-state index contributed by atoms with van der Waals surface area (Å²) in [6.45, 7) is 1.01. The molecule has 16 heteroatoms. The van der Waals surface area contributed by atoms with E-state index >= 15 is 0 Å². The number of aliphatic carboxylic acids is 1. The highest BCUT2D eigenvalue weighted by molar-refractivity contribution is 5.94. The molecule has 0 aromatic rings. The van der Waals surface area contributed by atoms with Gasteiger partial charge in [0.2, 0.25) is 23.6 Å². The first-order valence-corrected chi connectivity index (χ1v) is 13.1. The Kier molecular flexibility index (Phi) is 18.6. The summed E-state index contributed by atoms with van der Waals surface area (Å²) in [5.41, 5.74) is 32.7. The lowest BCUT2D eigenvalue weighted by Crippen LogP contribution is -2.57. The zero-order valence-electron chi connectivity index (χ0n) is 22.4. The molecule has 4 atom stereocenters. The van der Waals surface area contributed by atoms with Crippen molar-refractivity contribution in [2.45, 2.75) is 88.4 Å². The summed E-state index contributed by atoms with van der Waals surface area (Å²) in [5, 5.41) is 17.0. The zero-order valence-corrected chi connectivity index (χ0v) is 22.4. The number of nitrogens with one attached hydrogen (secondary N) is 3. The molecule has 224 valence electrons. The van der Waals surface area contributed by atoms with Gasteiger partial charge in [-0.15, -0.1) is 0 Å². The van der Waals surface area contributed by atoms with Crippen molar-refractivity contribution in [1.82, 2.24) is 16.0 Å². The largest absolute Gasteiger partial charge is 0.480 e. The van der Waals surface area contributed by atoms with Gasteiger partial charge in [0.15, 0.2) is 5.96 Å². The van der Waals surface area contributed by atoms with E-state index in [2.05, 4.69) is 20.9 Å². The molecule has 0 aromatic heterocycles. The lowest BCUT2D eigenvalue weighted by atomic mass is 10.0. The van der Waals surface area contributed by atoms with Crippen molar-refractivity contribution < 1.29 is 29.1 Å².